The van der Waals surface area contributed by atoms with Crippen molar-refractivity contribution in [2.45, 2.75) is 39.0 Å². The molecule has 1 saturated heterocycles. The van der Waals surface area contributed by atoms with E-state index in [0.717, 1.165) is 10.1 Å². The lowest BCUT2D eigenvalue weighted by Gasteiger charge is -2.33. The Morgan fingerprint density at radius 2 is 1.80 bits per heavy atom. The smallest absolute Gasteiger partial charge is 0.453 e. The lowest BCUT2D eigenvalue weighted by molar-refractivity contribution is -0.146. The van der Waals surface area contributed by atoms with Crippen LogP contribution in [0.25, 0.3) is 5.65 Å². The van der Waals surface area contributed by atoms with Gasteiger partial charge in [0.05, 0.1) is 13.3 Å². The van der Waals surface area contributed by atoms with Crippen LogP contribution in [0.1, 0.15) is 29.8 Å². The van der Waals surface area contributed by atoms with Crippen molar-refractivity contribution in [3.63, 3.8) is 0 Å². The minimum absolute atomic E-state index is 0.0118. The normalized spacial score (nSPS) is 15.6. The molecule has 8 nitrogen and oxygen atoms in total. The number of anilines is 1. The number of ether oxygens (including phenoxy) is 2. The van der Waals surface area contributed by atoms with Crippen molar-refractivity contribution in [2.75, 3.05) is 25.1 Å². The fraction of sp³-hybridized carbons (Fsp3) is 0.474. The molecule has 0 aliphatic carbocycles. The molecule has 0 N–H and O–H groups in total. The summed E-state index contributed by atoms with van der Waals surface area (Å²) < 4.78 is 51.6. The second-order valence-electron chi connectivity index (χ2n) is 7.17. The standard InChI is InChI=1S/C19H21F3N6O2/c1-11-12(2)17(26-28-16(11)24-25-18(28)19(20,21)22)27-8-6-13(7-9-27)30-14-4-5-15(29-3)23-10-14/h4-5,10,13H,6-9H2,1-3H3. The van der Waals surface area contributed by atoms with Crippen LogP contribution >= 0.6 is 0 Å². The summed E-state index contributed by atoms with van der Waals surface area (Å²) >= 11 is 0. The average molecular weight is 422 g/mol. The Bertz CT molecular complexity index is 1040. The first-order chi connectivity index (χ1) is 14.3. The van der Waals surface area contributed by atoms with Crippen molar-refractivity contribution in [2.24, 2.45) is 0 Å². The molecule has 3 aromatic rings. The Morgan fingerprint density at radius 3 is 2.40 bits per heavy atom. The van der Waals surface area contributed by atoms with Crippen LogP contribution in [0.3, 0.4) is 0 Å². The second-order valence-corrected chi connectivity index (χ2v) is 7.17. The van der Waals surface area contributed by atoms with Gasteiger partial charge < -0.3 is 14.4 Å². The molecule has 0 radical (unpaired) electrons. The zero-order valence-corrected chi connectivity index (χ0v) is 16.8. The first-order valence-electron chi connectivity index (χ1n) is 9.49. The highest BCUT2D eigenvalue weighted by atomic mass is 19.4. The number of nitrogens with zero attached hydrogens (tertiary/aromatic N) is 6. The van der Waals surface area contributed by atoms with E-state index in [1.165, 1.54) is 0 Å². The minimum Gasteiger partial charge on any atom is -0.489 e. The van der Waals surface area contributed by atoms with Gasteiger partial charge in [-0.15, -0.1) is 15.3 Å². The van der Waals surface area contributed by atoms with Crippen LogP contribution in [0.5, 0.6) is 11.6 Å². The van der Waals surface area contributed by atoms with E-state index in [4.69, 9.17) is 9.47 Å². The summed E-state index contributed by atoms with van der Waals surface area (Å²) in [5.74, 6) is 0.554. The fourth-order valence-corrected chi connectivity index (χ4v) is 3.53. The Balaban J connectivity index is 1.52. The number of fused-ring (bicyclic) bond motifs is 1. The number of aryl methyl sites for hydroxylation is 1. The average Bonchev–Trinajstić information content (AvgIpc) is 3.17. The highest BCUT2D eigenvalue weighted by Gasteiger charge is 2.38. The Morgan fingerprint density at radius 1 is 1.07 bits per heavy atom. The number of rotatable bonds is 4. The van der Waals surface area contributed by atoms with E-state index in [0.29, 0.717) is 48.9 Å². The van der Waals surface area contributed by atoms with Gasteiger partial charge >= 0.3 is 6.18 Å². The van der Waals surface area contributed by atoms with Gasteiger partial charge in [0.1, 0.15) is 11.9 Å². The molecule has 0 bridgehead atoms. The van der Waals surface area contributed by atoms with Crippen molar-refractivity contribution in [3.05, 3.63) is 35.3 Å². The third kappa shape index (κ3) is 3.71. The molecule has 0 atom stereocenters. The summed E-state index contributed by atoms with van der Waals surface area (Å²) in [4.78, 5) is 6.10. The minimum atomic E-state index is -4.63. The molecule has 4 heterocycles. The fourth-order valence-electron chi connectivity index (χ4n) is 3.53. The molecular weight excluding hydrogens is 401 g/mol. The second kappa shape index (κ2) is 7.62. The lowest BCUT2D eigenvalue weighted by Crippen LogP contribution is -2.39. The summed E-state index contributed by atoms with van der Waals surface area (Å²) in [5, 5.41) is 11.2. The van der Waals surface area contributed by atoms with Gasteiger partial charge in [-0.25, -0.2) is 4.98 Å². The van der Waals surface area contributed by atoms with E-state index >= 15 is 0 Å². The molecule has 1 fully saturated rings. The van der Waals surface area contributed by atoms with E-state index < -0.39 is 12.0 Å². The number of alkyl halides is 3. The maximum Gasteiger partial charge on any atom is 0.453 e. The quantitative estimate of drug-likeness (QED) is 0.639. The summed E-state index contributed by atoms with van der Waals surface area (Å²) in [5.41, 5.74) is 1.54. The van der Waals surface area contributed by atoms with E-state index in [1.807, 2.05) is 11.8 Å². The van der Waals surface area contributed by atoms with Crippen LogP contribution < -0.4 is 14.4 Å². The van der Waals surface area contributed by atoms with Crippen molar-refractivity contribution in [1.29, 1.82) is 0 Å². The number of piperidine rings is 1. The van der Waals surface area contributed by atoms with Gasteiger partial charge in [-0.2, -0.15) is 17.7 Å². The van der Waals surface area contributed by atoms with Gasteiger partial charge in [-0.3, -0.25) is 0 Å². The van der Waals surface area contributed by atoms with E-state index in [2.05, 4.69) is 20.3 Å². The molecule has 1 aliphatic rings. The van der Waals surface area contributed by atoms with Crippen molar-refractivity contribution in [1.82, 2.24) is 24.8 Å². The molecule has 0 aromatic carbocycles. The molecule has 0 amide bonds. The lowest BCUT2D eigenvalue weighted by atomic mass is 10.1. The number of halogens is 3. The molecule has 30 heavy (non-hydrogen) atoms. The van der Waals surface area contributed by atoms with Gasteiger partial charge in [0, 0.05) is 43.1 Å². The van der Waals surface area contributed by atoms with E-state index in [1.54, 1.807) is 32.4 Å². The SMILES string of the molecule is COc1ccc(OC2CCN(c3nn4c(C(F)(F)F)nnc4c(C)c3C)CC2)cn1. The molecule has 3 aromatic heterocycles. The molecule has 0 saturated carbocycles. The van der Waals surface area contributed by atoms with E-state index in [-0.39, 0.29) is 11.8 Å². The number of hydrogen-bond donors (Lipinski definition) is 0. The predicted molar refractivity (Wildman–Crippen MR) is 102 cm³/mol. The molecule has 4 rings (SSSR count). The van der Waals surface area contributed by atoms with Gasteiger partial charge in [0.25, 0.3) is 5.82 Å². The monoisotopic (exact) mass is 422 g/mol. The zero-order chi connectivity index (χ0) is 21.5. The maximum absolute atomic E-state index is 13.3. The molecular formula is C19H21F3N6O2. The van der Waals surface area contributed by atoms with E-state index in [9.17, 15) is 13.2 Å². The number of hydrogen-bond acceptors (Lipinski definition) is 7. The third-order valence-electron chi connectivity index (χ3n) is 5.28. The zero-order valence-electron chi connectivity index (χ0n) is 16.8. The van der Waals surface area contributed by atoms with Gasteiger partial charge in [0.2, 0.25) is 5.88 Å². The van der Waals surface area contributed by atoms with Crippen LogP contribution in [0.4, 0.5) is 19.0 Å². The summed E-state index contributed by atoms with van der Waals surface area (Å²) in [6.07, 6.45) is -1.61. The topological polar surface area (TPSA) is 77.7 Å². The first-order valence-corrected chi connectivity index (χ1v) is 9.49. The maximum atomic E-state index is 13.3. The van der Waals surface area contributed by atoms with Crippen molar-refractivity contribution in [3.8, 4) is 11.6 Å². The van der Waals surface area contributed by atoms with Crippen LogP contribution in [0.2, 0.25) is 0 Å². The number of aromatic nitrogens is 5. The molecule has 0 spiro atoms. The number of pyridine rings is 1. The third-order valence-corrected chi connectivity index (χ3v) is 5.28. The summed E-state index contributed by atoms with van der Waals surface area (Å²) in [7, 11) is 1.55. The van der Waals surface area contributed by atoms with Crippen LogP contribution in [0, 0.1) is 13.8 Å². The highest BCUT2D eigenvalue weighted by Crippen LogP contribution is 2.31. The largest absolute Gasteiger partial charge is 0.489 e. The van der Waals surface area contributed by atoms with Gasteiger partial charge in [-0.05, 0) is 19.9 Å². The molecule has 1 aliphatic heterocycles. The van der Waals surface area contributed by atoms with Gasteiger partial charge in [-0.1, -0.05) is 0 Å². The molecule has 160 valence electrons. The Kier molecular flexibility index (Phi) is 5.12. The predicted octanol–water partition coefficient (Wildman–Crippen LogP) is 3.21. The van der Waals surface area contributed by atoms with Gasteiger partial charge in [0.15, 0.2) is 11.5 Å². The van der Waals surface area contributed by atoms with Crippen molar-refractivity contribution < 1.29 is 22.6 Å². The van der Waals surface area contributed by atoms with Crippen LogP contribution in [0.15, 0.2) is 18.3 Å². The van der Waals surface area contributed by atoms with Crippen LogP contribution in [-0.4, -0.2) is 51.1 Å². The van der Waals surface area contributed by atoms with Crippen molar-refractivity contribution >= 4 is 11.5 Å². The highest BCUT2D eigenvalue weighted by molar-refractivity contribution is 5.59. The molecule has 0 unspecified atom stereocenters. The van der Waals surface area contributed by atoms with Crippen LogP contribution in [-0.2, 0) is 6.18 Å². The number of methoxy groups -OCH3 is 1. The summed E-state index contributed by atoms with van der Waals surface area (Å²) in [6, 6.07) is 3.53. The Hall–Kier alpha value is -3.11. The Labute approximate surface area is 170 Å². The first kappa shape index (κ1) is 20.2. The summed E-state index contributed by atoms with van der Waals surface area (Å²) in [6.45, 7) is 4.79. The molecule has 11 heteroatoms.